The van der Waals surface area contributed by atoms with Crippen LogP contribution in [0, 0.1) is 5.92 Å². The second-order valence-corrected chi connectivity index (χ2v) is 6.48. The average Bonchev–Trinajstić information content (AvgIpc) is 2.70. The van der Waals surface area contributed by atoms with E-state index in [1.165, 1.54) is 0 Å². The summed E-state index contributed by atoms with van der Waals surface area (Å²) in [4.78, 5) is 24.9. The molecule has 0 radical (unpaired) electrons. The topological polar surface area (TPSA) is 73.9 Å². The van der Waals surface area contributed by atoms with Crippen molar-refractivity contribution in [3.63, 3.8) is 0 Å². The molecule has 2 aromatic rings. The van der Waals surface area contributed by atoms with Crippen molar-refractivity contribution in [2.75, 3.05) is 19.8 Å². The Morgan fingerprint density at radius 3 is 2.14 bits per heavy atom. The van der Waals surface area contributed by atoms with Gasteiger partial charge in [0.05, 0.1) is 6.61 Å². The molecule has 1 atom stereocenters. The highest BCUT2D eigenvalue weighted by Crippen LogP contribution is 2.13. The first-order valence-electron chi connectivity index (χ1n) is 9.39. The smallest absolute Gasteiger partial charge is 0.329 e. The van der Waals surface area contributed by atoms with Crippen molar-refractivity contribution in [1.82, 2.24) is 5.32 Å². The average molecular weight is 385 g/mol. The van der Waals surface area contributed by atoms with E-state index in [1.54, 1.807) is 24.3 Å². The van der Waals surface area contributed by atoms with Gasteiger partial charge in [-0.15, -0.1) is 0 Å². The van der Waals surface area contributed by atoms with Crippen LogP contribution in [-0.4, -0.2) is 37.7 Å². The van der Waals surface area contributed by atoms with Crippen LogP contribution in [0.2, 0.25) is 0 Å². The van der Waals surface area contributed by atoms with Gasteiger partial charge in [-0.1, -0.05) is 32.0 Å². The monoisotopic (exact) mass is 385 g/mol. The third-order valence-corrected chi connectivity index (χ3v) is 3.97. The van der Waals surface area contributed by atoms with E-state index >= 15 is 0 Å². The van der Waals surface area contributed by atoms with Gasteiger partial charge >= 0.3 is 5.97 Å². The highest BCUT2D eigenvalue weighted by molar-refractivity contribution is 5.96. The van der Waals surface area contributed by atoms with Crippen LogP contribution in [0.3, 0.4) is 0 Å². The van der Waals surface area contributed by atoms with Crippen LogP contribution in [0.4, 0.5) is 0 Å². The number of ether oxygens (including phenoxy) is 3. The maximum atomic E-state index is 12.5. The van der Waals surface area contributed by atoms with Crippen LogP contribution in [0.25, 0.3) is 0 Å². The van der Waals surface area contributed by atoms with Gasteiger partial charge in [-0.3, -0.25) is 4.79 Å². The third-order valence-electron chi connectivity index (χ3n) is 3.97. The molecule has 0 aliphatic rings. The van der Waals surface area contributed by atoms with Gasteiger partial charge in [0, 0.05) is 5.56 Å². The minimum atomic E-state index is -0.740. The largest absolute Gasteiger partial charge is 0.494 e. The predicted molar refractivity (Wildman–Crippen MR) is 107 cm³/mol. The van der Waals surface area contributed by atoms with E-state index in [0.29, 0.717) is 23.7 Å². The number of amides is 1. The Hall–Kier alpha value is -3.02. The molecular formula is C22H27NO5. The summed E-state index contributed by atoms with van der Waals surface area (Å²) in [6.07, 6.45) is 0. The normalized spacial score (nSPS) is 11.6. The van der Waals surface area contributed by atoms with Gasteiger partial charge in [0.1, 0.15) is 30.8 Å². The van der Waals surface area contributed by atoms with E-state index in [1.807, 2.05) is 51.1 Å². The molecule has 0 saturated carbocycles. The van der Waals surface area contributed by atoms with Crippen LogP contribution in [-0.2, 0) is 9.53 Å². The lowest BCUT2D eigenvalue weighted by Gasteiger charge is -2.21. The highest BCUT2D eigenvalue weighted by atomic mass is 16.6. The number of nitrogens with one attached hydrogen (secondary N) is 1. The van der Waals surface area contributed by atoms with E-state index in [0.717, 1.165) is 0 Å². The van der Waals surface area contributed by atoms with E-state index < -0.39 is 12.0 Å². The number of rotatable bonds is 10. The summed E-state index contributed by atoms with van der Waals surface area (Å²) in [5.41, 5.74) is 0.453. The van der Waals surface area contributed by atoms with Crippen molar-refractivity contribution < 1.29 is 23.8 Å². The summed E-state index contributed by atoms with van der Waals surface area (Å²) in [5, 5.41) is 2.75. The predicted octanol–water partition coefficient (Wildman–Crippen LogP) is 3.46. The first kappa shape index (κ1) is 21.3. The SMILES string of the molecule is CCOc1ccc(C(=O)N[C@H](C(=O)OCCOc2ccccc2)C(C)C)cc1. The van der Waals surface area contributed by atoms with Crippen molar-refractivity contribution in [2.45, 2.75) is 26.8 Å². The first-order valence-corrected chi connectivity index (χ1v) is 9.39. The lowest BCUT2D eigenvalue weighted by atomic mass is 10.0. The number of benzene rings is 2. The van der Waals surface area contributed by atoms with Gasteiger partial charge in [-0.25, -0.2) is 4.79 Å². The standard InChI is InChI=1S/C22H27NO5/c1-4-26-19-12-10-17(11-13-19)21(24)23-20(16(2)3)22(25)28-15-14-27-18-8-6-5-7-9-18/h5-13,16,20H,4,14-15H2,1-3H3,(H,23,24)/t20-/m0/s1. The van der Waals surface area contributed by atoms with Gasteiger partial charge in [0.25, 0.3) is 5.91 Å². The zero-order valence-corrected chi connectivity index (χ0v) is 16.5. The molecule has 2 aromatic carbocycles. The zero-order valence-electron chi connectivity index (χ0n) is 16.5. The van der Waals surface area contributed by atoms with Crippen molar-refractivity contribution in [2.24, 2.45) is 5.92 Å². The fourth-order valence-electron chi connectivity index (χ4n) is 2.50. The van der Waals surface area contributed by atoms with E-state index in [-0.39, 0.29) is 25.0 Å². The Balaban J connectivity index is 1.85. The minimum absolute atomic E-state index is 0.107. The molecule has 0 aliphatic carbocycles. The molecule has 0 unspecified atom stereocenters. The summed E-state index contributed by atoms with van der Waals surface area (Å²) < 4.78 is 16.1. The Labute approximate surface area is 165 Å². The van der Waals surface area contributed by atoms with Crippen LogP contribution < -0.4 is 14.8 Å². The molecule has 6 heteroatoms. The summed E-state index contributed by atoms with van der Waals surface area (Å²) in [7, 11) is 0. The van der Waals surface area contributed by atoms with Crippen LogP contribution >= 0.6 is 0 Å². The summed E-state index contributed by atoms with van der Waals surface area (Å²) in [6.45, 7) is 6.50. The second-order valence-electron chi connectivity index (χ2n) is 6.48. The second kappa shape index (κ2) is 11.0. The van der Waals surface area contributed by atoms with Gasteiger partial charge in [0.2, 0.25) is 0 Å². The molecule has 0 aliphatic heterocycles. The zero-order chi connectivity index (χ0) is 20.4. The lowest BCUT2D eigenvalue weighted by molar-refractivity contribution is -0.147. The Morgan fingerprint density at radius 1 is 0.893 bits per heavy atom. The van der Waals surface area contributed by atoms with Crippen molar-refractivity contribution in [3.8, 4) is 11.5 Å². The minimum Gasteiger partial charge on any atom is -0.494 e. The van der Waals surface area contributed by atoms with E-state index in [4.69, 9.17) is 14.2 Å². The molecule has 0 heterocycles. The molecule has 150 valence electrons. The molecule has 28 heavy (non-hydrogen) atoms. The van der Waals surface area contributed by atoms with Gasteiger partial charge in [0.15, 0.2) is 0 Å². The molecule has 0 saturated heterocycles. The molecule has 1 amide bonds. The van der Waals surface area contributed by atoms with Gasteiger partial charge < -0.3 is 19.5 Å². The number of para-hydroxylation sites is 1. The summed E-state index contributed by atoms with van der Waals surface area (Å²) >= 11 is 0. The van der Waals surface area contributed by atoms with E-state index in [2.05, 4.69) is 5.32 Å². The fraction of sp³-hybridized carbons (Fsp3) is 0.364. The van der Waals surface area contributed by atoms with E-state index in [9.17, 15) is 9.59 Å². The van der Waals surface area contributed by atoms with Crippen LogP contribution in [0.5, 0.6) is 11.5 Å². The maximum Gasteiger partial charge on any atom is 0.329 e. The van der Waals surface area contributed by atoms with Crippen LogP contribution in [0.1, 0.15) is 31.1 Å². The van der Waals surface area contributed by atoms with Crippen molar-refractivity contribution in [1.29, 1.82) is 0 Å². The Morgan fingerprint density at radius 2 is 1.54 bits per heavy atom. The Bertz CT molecular complexity index is 743. The molecule has 2 rings (SSSR count). The molecule has 0 spiro atoms. The number of carbonyl (C=O) groups excluding carboxylic acids is 2. The lowest BCUT2D eigenvalue weighted by Crippen LogP contribution is -2.45. The molecule has 1 N–H and O–H groups in total. The van der Waals surface area contributed by atoms with Gasteiger partial charge in [-0.2, -0.15) is 0 Å². The molecule has 6 nitrogen and oxygen atoms in total. The number of hydrogen-bond acceptors (Lipinski definition) is 5. The van der Waals surface area contributed by atoms with Crippen molar-refractivity contribution >= 4 is 11.9 Å². The van der Waals surface area contributed by atoms with Crippen LogP contribution in [0.15, 0.2) is 54.6 Å². The third kappa shape index (κ3) is 6.61. The van der Waals surface area contributed by atoms with Gasteiger partial charge in [-0.05, 0) is 49.2 Å². The number of esters is 1. The highest BCUT2D eigenvalue weighted by Gasteiger charge is 2.26. The number of carbonyl (C=O) groups is 2. The molecular weight excluding hydrogens is 358 g/mol. The first-order chi connectivity index (χ1) is 13.5. The summed E-state index contributed by atoms with van der Waals surface area (Å²) in [5.74, 6) is 0.472. The van der Waals surface area contributed by atoms with Crippen molar-refractivity contribution in [3.05, 3.63) is 60.2 Å². The fourth-order valence-corrected chi connectivity index (χ4v) is 2.50. The molecule has 0 bridgehead atoms. The molecule has 0 fully saturated rings. The number of hydrogen-bond donors (Lipinski definition) is 1. The summed E-state index contributed by atoms with van der Waals surface area (Å²) in [6, 6.07) is 15.3. The maximum absolute atomic E-state index is 12.5. The molecule has 0 aromatic heterocycles. The Kier molecular flexibility index (Phi) is 8.34. The quantitative estimate of drug-likeness (QED) is 0.501.